The average Bonchev–Trinajstić information content (AvgIpc) is 2.90. The molecule has 2 aromatic rings. The molecular formula is C18H14O8. The molecule has 8 nitrogen and oxygen atoms in total. The molecule has 8 heteroatoms. The number of carbonyl (C=O) groups is 2. The molecule has 1 aliphatic rings. The fourth-order valence-corrected chi connectivity index (χ4v) is 2.74. The average molecular weight is 358 g/mol. The maximum atomic E-state index is 12.2. The van der Waals surface area contributed by atoms with Crippen molar-refractivity contribution in [3.63, 3.8) is 0 Å². The topological polar surface area (TPSA) is 145 Å². The third-order valence-corrected chi connectivity index (χ3v) is 4.02. The van der Waals surface area contributed by atoms with Gasteiger partial charge in [0.05, 0.1) is 5.57 Å². The summed E-state index contributed by atoms with van der Waals surface area (Å²) in [5.74, 6) is -5.16. The molecule has 134 valence electrons. The Kier molecular flexibility index (Phi) is 4.17. The lowest BCUT2D eigenvalue weighted by Gasteiger charge is -2.15. The van der Waals surface area contributed by atoms with Gasteiger partial charge >= 0.3 is 11.9 Å². The predicted octanol–water partition coefficient (Wildman–Crippen LogP) is 1.89. The molecule has 2 aromatic carbocycles. The number of rotatable bonds is 3. The molecule has 0 saturated carbocycles. The summed E-state index contributed by atoms with van der Waals surface area (Å²) in [6, 6.07) is 7.41. The number of hydrogen-bond acceptors (Lipinski definition) is 7. The second kappa shape index (κ2) is 6.32. The second-order valence-corrected chi connectivity index (χ2v) is 5.74. The maximum Gasteiger partial charge on any atom is 0.335 e. The van der Waals surface area contributed by atoms with Gasteiger partial charge in [0.15, 0.2) is 23.0 Å². The Hall–Kier alpha value is -3.68. The monoisotopic (exact) mass is 358 g/mol. The molecule has 5 N–H and O–H groups in total. The summed E-state index contributed by atoms with van der Waals surface area (Å²) in [6.45, 7) is 0. The van der Waals surface area contributed by atoms with E-state index in [1.54, 1.807) is 0 Å². The number of carboxylic acids is 1. The largest absolute Gasteiger partial charge is 0.504 e. The summed E-state index contributed by atoms with van der Waals surface area (Å²) in [6.07, 6.45) is 0.0593. The van der Waals surface area contributed by atoms with Gasteiger partial charge in [-0.25, -0.2) is 4.79 Å². The normalized spacial score (nSPS) is 20.9. The van der Waals surface area contributed by atoms with Gasteiger partial charge in [-0.15, -0.1) is 0 Å². The zero-order chi connectivity index (χ0) is 19.0. The van der Waals surface area contributed by atoms with Gasteiger partial charge in [-0.1, -0.05) is 12.1 Å². The quantitative estimate of drug-likeness (QED) is 0.318. The Morgan fingerprint density at radius 1 is 0.923 bits per heavy atom. The van der Waals surface area contributed by atoms with E-state index in [4.69, 9.17) is 4.74 Å². The van der Waals surface area contributed by atoms with E-state index < -0.39 is 35.5 Å². The number of aromatic hydroxyl groups is 4. The minimum absolute atomic E-state index is 0.153. The number of phenols is 4. The highest BCUT2D eigenvalue weighted by Gasteiger charge is 2.45. The van der Waals surface area contributed by atoms with Gasteiger partial charge in [-0.05, 0) is 41.5 Å². The Morgan fingerprint density at radius 3 is 2.12 bits per heavy atom. The minimum atomic E-state index is -1.36. The molecular weight excluding hydrogens is 344 g/mol. The van der Waals surface area contributed by atoms with E-state index in [0.29, 0.717) is 5.56 Å². The number of aliphatic carboxylic acids is 1. The van der Waals surface area contributed by atoms with Crippen LogP contribution < -0.4 is 0 Å². The smallest absolute Gasteiger partial charge is 0.335 e. The fraction of sp³-hybridized carbons (Fsp3) is 0.111. The fourth-order valence-electron chi connectivity index (χ4n) is 2.74. The van der Waals surface area contributed by atoms with E-state index in [9.17, 15) is 35.1 Å². The van der Waals surface area contributed by atoms with Gasteiger partial charge in [0.1, 0.15) is 12.0 Å². The van der Waals surface area contributed by atoms with Crippen LogP contribution in [0.5, 0.6) is 23.0 Å². The number of ether oxygens (including phenoxy) is 1. The summed E-state index contributed by atoms with van der Waals surface area (Å²) in [4.78, 5) is 23.9. The SMILES string of the molecule is O=C1OC(c2ccc(O)c(O)c2)C(C(=O)O)/C1=C\c1ccc(O)c(O)c1. The lowest BCUT2D eigenvalue weighted by atomic mass is 9.90. The van der Waals surface area contributed by atoms with Crippen LogP contribution in [0.25, 0.3) is 6.08 Å². The molecule has 2 unspecified atom stereocenters. The van der Waals surface area contributed by atoms with Crippen molar-refractivity contribution >= 4 is 18.0 Å². The Balaban J connectivity index is 2.04. The van der Waals surface area contributed by atoms with Crippen LogP contribution >= 0.6 is 0 Å². The Bertz CT molecular complexity index is 931. The number of phenolic OH excluding ortho intramolecular Hbond substituents is 4. The summed E-state index contributed by atoms with van der Waals surface area (Å²) in [5.41, 5.74) is 0.353. The molecule has 0 aliphatic carbocycles. The summed E-state index contributed by atoms with van der Waals surface area (Å²) in [5, 5.41) is 47.4. The molecule has 0 spiro atoms. The summed E-state index contributed by atoms with van der Waals surface area (Å²) >= 11 is 0. The van der Waals surface area contributed by atoms with Crippen molar-refractivity contribution in [1.82, 2.24) is 0 Å². The third-order valence-electron chi connectivity index (χ3n) is 4.02. The maximum absolute atomic E-state index is 12.2. The molecule has 1 saturated heterocycles. The molecule has 0 bridgehead atoms. The third kappa shape index (κ3) is 3.00. The summed E-state index contributed by atoms with van der Waals surface area (Å²) < 4.78 is 5.16. The van der Waals surface area contributed by atoms with Gasteiger partial charge in [0.25, 0.3) is 0 Å². The first-order valence-corrected chi connectivity index (χ1v) is 7.47. The standard InChI is InChI=1S/C18H14O8/c19-11-3-1-8(6-13(11)21)5-10-15(17(23)24)16(26-18(10)25)9-2-4-12(20)14(22)7-9/h1-7,15-16,19-22H,(H,23,24)/b10-5+. The van der Waals surface area contributed by atoms with E-state index in [1.807, 2.05) is 0 Å². The lowest BCUT2D eigenvalue weighted by molar-refractivity contribution is -0.144. The zero-order valence-corrected chi connectivity index (χ0v) is 13.2. The van der Waals surface area contributed by atoms with E-state index in [0.717, 1.165) is 12.1 Å². The van der Waals surface area contributed by atoms with Gasteiger partial charge in [0, 0.05) is 0 Å². The van der Waals surface area contributed by atoms with Crippen molar-refractivity contribution in [3.05, 3.63) is 53.1 Å². The van der Waals surface area contributed by atoms with Crippen LogP contribution in [0.4, 0.5) is 0 Å². The van der Waals surface area contributed by atoms with Crippen molar-refractivity contribution in [3.8, 4) is 23.0 Å². The second-order valence-electron chi connectivity index (χ2n) is 5.74. The lowest BCUT2D eigenvalue weighted by Crippen LogP contribution is -2.19. The first-order chi connectivity index (χ1) is 12.3. The van der Waals surface area contributed by atoms with Crippen LogP contribution in [0.2, 0.25) is 0 Å². The van der Waals surface area contributed by atoms with Crippen molar-refractivity contribution < 1.29 is 39.9 Å². The molecule has 0 amide bonds. The van der Waals surface area contributed by atoms with E-state index in [1.165, 1.54) is 30.3 Å². The number of carboxylic acid groups (broad SMARTS) is 1. The van der Waals surface area contributed by atoms with Crippen LogP contribution in [0.15, 0.2) is 42.0 Å². The van der Waals surface area contributed by atoms with Crippen LogP contribution in [-0.2, 0) is 14.3 Å². The van der Waals surface area contributed by atoms with Crippen molar-refractivity contribution in [1.29, 1.82) is 0 Å². The van der Waals surface area contributed by atoms with Crippen molar-refractivity contribution in [2.24, 2.45) is 5.92 Å². The zero-order valence-electron chi connectivity index (χ0n) is 13.2. The first kappa shape index (κ1) is 17.2. The molecule has 26 heavy (non-hydrogen) atoms. The van der Waals surface area contributed by atoms with Gasteiger partial charge < -0.3 is 30.3 Å². The Labute approximate surface area is 146 Å². The van der Waals surface area contributed by atoms with Crippen LogP contribution in [0.1, 0.15) is 17.2 Å². The highest BCUT2D eigenvalue weighted by molar-refractivity contribution is 6.02. The first-order valence-electron chi connectivity index (χ1n) is 7.47. The highest BCUT2D eigenvalue weighted by atomic mass is 16.6. The van der Waals surface area contributed by atoms with Gasteiger partial charge in [-0.3, -0.25) is 4.79 Å². The van der Waals surface area contributed by atoms with E-state index in [-0.39, 0.29) is 22.6 Å². The molecule has 2 atom stereocenters. The highest BCUT2D eigenvalue weighted by Crippen LogP contribution is 2.42. The van der Waals surface area contributed by atoms with E-state index in [2.05, 4.69) is 0 Å². The molecule has 0 aromatic heterocycles. The molecule has 3 rings (SSSR count). The van der Waals surface area contributed by atoms with Gasteiger partial charge in [-0.2, -0.15) is 0 Å². The molecule has 1 heterocycles. The molecule has 1 fully saturated rings. The van der Waals surface area contributed by atoms with E-state index >= 15 is 0 Å². The van der Waals surface area contributed by atoms with Crippen LogP contribution in [-0.4, -0.2) is 37.5 Å². The number of carbonyl (C=O) groups excluding carboxylic acids is 1. The molecule has 1 aliphatic heterocycles. The summed E-state index contributed by atoms with van der Waals surface area (Å²) in [7, 11) is 0. The number of cyclic esters (lactones) is 1. The number of esters is 1. The van der Waals surface area contributed by atoms with Crippen molar-refractivity contribution in [2.45, 2.75) is 6.10 Å². The van der Waals surface area contributed by atoms with Gasteiger partial charge in [0.2, 0.25) is 0 Å². The van der Waals surface area contributed by atoms with Crippen LogP contribution in [0.3, 0.4) is 0 Å². The number of hydrogen-bond donors (Lipinski definition) is 5. The Morgan fingerprint density at radius 2 is 1.54 bits per heavy atom. The van der Waals surface area contributed by atoms with Crippen LogP contribution in [0, 0.1) is 5.92 Å². The van der Waals surface area contributed by atoms with Crippen molar-refractivity contribution in [2.75, 3.05) is 0 Å². The molecule has 0 radical (unpaired) electrons. The minimum Gasteiger partial charge on any atom is -0.504 e. The number of benzene rings is 2. The predicted molar refractivity (Wildman–Crippen MR) is 87.5 cm³/mol.